The lowest BCUT2D eigenvalue weighted by Crippen LogP contribution is -2.24. The second-order valence-electron chi connectivity index (χ2n) is 3.83. The molecule has 0 atom stereocenters. The highest BCUT2D eigenvalue weighted by molar-refractivity contribution is 6.17. The minimum absolute atomic E-state index is 0.529. The number of aryl methyl sites for hydroxylation is 1. The summed E-state index contributed by atoms with van der Waals surface area (Å²) in [7, 11) is 0. The molecule has 0 N–H and O–H groups in total. The number of hydrogen-bond donors (Lipinski definition) is 0. The van der Waals surface area contributed by atoms with Crippen LogP contribution in [0.2, 0.25) is 0 Å². The predicted octanol–water partition coefficient (Wildman–Crippen LogP) is 2.23. The van der Waals surface area contributed by atoms with Crippen LogP contribution in [0.1, 0.15) is 31.6 Å². The first-order valence-corrected chi connectivity index (χ1v) is 6.07. The van der Waals surface area contributed by atoms with Gasteiger partial charge in [0, 0.05) is 25.4 Å². The minimum atomic E-state index is 0.529. The molecular formula is C10H16ClN3O. The number of hydrogen-bond acceptors (Lipinski definition) is 4. The number of nitrogens with zero attached hydrogens (tertiary/aromatic N) is 3. The zero-order valence-electron chi connectivity index (χ0n) is 8.78. The molecule has 1 aliphatic rings. The van der Waals surface area contributed by atoms with E-state index in [4.69, 9.17) is 16.1 Å². The predicted molar refractivity (Wildman–Crippen MR) is 59.4 cm³/mol. The molecule has 2 rings (SSSR count). The summed E-state index contributed by atoms with van der Waals surface area (Å²) in [4.78, 5) is 6.53. The molecule has 84 valence electrons. The van der Waals surface area contributed by atoms with Crippen molar-refractivity contribution in [3.63, 3.8) is 0 Å². The van der Waals surface area contributed by atoms with E-state index in [-0.39, 0.29) is 0 Å². The van der Waals surface area contributed by atoms with Gasteiger partial charge in [-0.1, -0.05) is 12.8 Å². The van der Waals surface area contributed by atoms with E-state index >= 15 is 0 Å². The molecule has 1 saturated heterocycles. The summed E-state index contributed by atoms with van der Waals surface area (Å²) >= 11 is 5.62. The lowest BCUT2D eigenvalue weighted by Gasteiger charge is -2.16. The van der Waals surface area contributed by atoms with Crippen LogP contribution in [0.4, 0.5) is 5.95 Å². The van der Waals surface area contributed by atoms with Crippen LogP contribution in [0.15, 0.2) is 4.52 Å². The quantitative estimate of drug-likeness (QED) is 0.746. The van der Waals surface area contributed by atoms with E-state index in [0.29, 0.717) is 18.2 Å². The summed E-state index contributed by atoms with van der Waals surface area (Å²) in [5.74, 6) is 1.91. The van der Waals surface area contributed by atoms with Gasteiger partial charge in [0.05, 0.1) is 0 Å². The molecule has 0 radical (unpaired) electrons. The third-order valence-corrected chi connectivity index (χ3v) is 2.84. The number of halogens is 1. The minimum Gasteiger partial charge on any atom is -0.338 e. The Morgan fingerprint density at radius 2 is 1.93 bits per heavy atom. The van der Waals surface area contributed by atoms with Gasteiger partial charge in [0.2, 0.25) is 5.89 Å². The first-order chi connectivity index (χ1) is 7.40. The maximum Gasteiger partial charge on any atom is 0.266 e. The summed E-state index contributed by atoms with van der Waals surface area (Å²) in [5.41, 5.74) is 0. The van der Waals surface area contributed by atoms with Crippen molar-refractivity contribution in [2.24, 2.45) is 0 Å². The van der Waals surface area contributed by atoms with Crippen LogP contribution in [0, 0.1) is 0 Å². The topological polar surface area (TPSA) is 42.2 Å². The largest absolute Gasteiger partial charge is 0.338 e. The fourth-order valence-corrected chi connectivity index (χ4v) is 1.99. The van der Waals surface area contributed by atoms with Crippen molar-refractivity contribution in [3.8, 4) is 0 Å². The van der Waals surface area contributed by atoms with Crippen molar-refractivity contribution >= 4 is 17.5 Å². The first-order valence-electron chi connectivity index (χ1n) is 5.53. The molecule has 0 amide bonds. The Balaban J connectivity index is 2.00. The van der Waals surface area contributed by atoms with Crippen molar-refractivity contribution in [2.75, 3.05) is 23.9 Å². The smallest absolute Gasteiger partial charge is 0.266 e. The normalized spacial score (nSPS) is 17.8. The lowest BCUT2D eigenvalue weighted by molar-refractivity contribution is 0.381. The summed E-state index contributed by atoms with van der Waals surface area (Å²) in [6, 6.07) is 0. The van der Waals surface area contributed by atoms with E-state index in [1.807, 2.05) is 0 Å². The Hall–Kier alpha value is -0.770. The average Bonchev–Trinajstić information content (AvgIpc) is 2.53. The molecule has 1 fully saturated rings. The number of aromatic nitrogens is 2. The molecular weight excluding hydrogens is 214 g/mol. The van der Waals surface area contributed by atoms with Gasteiger partial charge in [-0.05, 0) is 18.0 Å². The van der Waals surface area contributed by atoms with Crippen molar-refractivity contribution in [1.29, 1.82) is 0 Å². The molecule has 0 spiro atoms. The van der Waals surface area contributed by atoms with Crippen LogP contribution in [0.3, 0.4) is 0 Å². The van der Waals surface area contributed by atoms with Gasteiger partial charge in [0.1, 0.15) is 0 Å². The lowest BCUT2D eigenvalue weighted by atomic mass is 10.2. The van der Waals surface area contributed by atoms with Gasteiger partial charge in [-0.15, -0.1) is 11.6 Å². The van der Waals surface area contributed by atoms with Gasteiger partial charge in [0.15, 0.2) is 0 Å². The van der Waals surface area contributed by atoms with E-state index in [1.54, 1.807) is 0 Å². The van der Waals surface area contributed by atoms with Crippen LogP contribution in [0.25, 0.3) is 0 Å². The highest BCUT2D eigenvalue weighted by Gasteiger charge is 2.15. The van der Waals surface area contributed by atoms with E-state index in [2.05, 4.69) is 15.0 Å². The molecule has 15 heavy (non-hydrogen) atoms. The Morgan fingerprint density at radius 3 is 2.60 bits per heavy atom. The maximum atomic E-state index is 5.62. The first kappa shape index (κ1) is 10.7. The van der Waals surface area contributed by atoms with Gasteiger partial charge in [-0.2, -0.15) is 4.98 Å². The summed E-state index contributed by atoms with van der Waals surface area (Å²) < 4.78 is 5.11. The summed E-state index contributed by atoms with van der Waals surface area (Å²) in [5, 5.41) is 3.98. The Labute approximate surface area is 94.6 Å². The molecule has 0 bridgehead atoms. The molecule has 5 heteroatoms. The SMILES string of the molecule is ClCCc1nc(N2CCCCCC2)no1. The number of anilines is 1. The van der Waals surface area contributed by atoms with E-state index in [0.717, 1.165) is 19.0 Å². The molecule has 0 saturated carbocycles. The second-order valence-corrected chi connectivity index (χ2v) is 4.21. The zero-order valence-corrected chi connectivity index (χ0v) is 9.54. The summed E-state index contributed by atoms with van der Waals surface area (Å²) in [6.07, 6.45) is 5.72. The van der Waals surface area contributed by atoms with Crippen LogP contribution >= 0.6 is 11.6 Å². The zero-order chi connectivity index (χ0) is 10.5. The molecule has 0 aliphatic carbocycles. The summed E-state index contributed by atoms with van der Waals surface area (Å²) in [6.45, 7) is 2.08. The van der Waals surface area contributed by atoms with Crippen molar-refractivity contribution < 1.29 is 4.52 Å². The van der Waals surface area contributed by atoms with Crippen LogP contribution in [-0.2, 0) is 6.42 Å². The Kier molecular flexibility index (Phi) is 3.83. The molecule has 1 aliphatic heterocycles. The highest BCUT2D eigenvalue weighted by Crippen LogP contribution is 2.16. The fourth-order valence-electron chi connectivity index (χ4n) is 1.83. The number of alkyl halides is 1. The molecule has 1 aromatic rings. The standard InChI is InChI=1S/C10H16ClN3O/c11-6-5-9-12-10(13-15-9)14-7-3-1-2-4-8-14/h1-8H2. The van der Waals surface area contributed by atoms with Gasteiger partial charge in [-0.25, -0.2) is 0 Å². The van der Waals surface area contributed by atoms with Crippen molar-refractivity contribution in [3.05, 3.63) is 5.89 Å². The third-order valence-electron chi connectivity index (χ3n) is 2.65. The van der Waals surface area contributed by atoms with Crippen LogP contribution < -0.4 is 4.90 Å². The van der Waals surface area contributed by atoms with E-state index < -0.39 is 0 Å². The molecule has 1 aromatic heterocycles. The highest BCUT2D eigenvalue weighted by atomic mass is 35.5. The average molecular weight is 230 g/mol. The van der Waals surface area contributed by atoms with Crippen molar-refractivity contribution in [2.45, 2.75) is 32.1 Å². The Morgan fingerprint density at radius 1 is 1.20 bits per heavy atom. The van der Waals surface area contributed by atoms with Gasteiger partial charge < -0.3 is 9.42 Å². The maximum absolute atomic E-state index is 5.62. The Bertz CT molecular complexity index is 295. The monoisotopic (exact) mass is 229 g/mol. The third kappa shape index (κ3) is 2.84. The van der Waals surface area contributed by atoms with E-state index in [9.17, 15) is 0 Å². The fraction of sp³-hybridized carbons (Fsp3) is 0.800. The second kappa shape index (κ2) is 5.35. The van der Waals surface area contributed by atoms with Crippen molar-refractivity contribution in [1.82, 2.24) is 10.1 Å². The van der Waals surface area contributed by atoms with Gasteiger partial charge in [-0.3, -0.25) is 0 Å². The van der Waals surface area contributed by atoms with Gasteiger partial charge in [0.25, 0.3) is 5.95 Å². The molecule has 4 nitrogen and oxygen atoms in total. The number of rotatable bonds is 3. The van der Waals surface area contributed by atoms with Gasteiger partial charge >= 0.3 is 0 Å². The molecule has 0 unspecified atom stereocenters. The molecule has 0 aromatic carbocycles. The van der Waals surface area contributed by atoms with Crippen LogP contribution in [-0.4, -0.2) is 29.1 Å². The van der Waals surface area contributed by atoms with E-state index in [1.165, 1.54) is 25.7 Å². The molecule has 2 heterocycles. The van der Waals surface area contributed by atoms with Crippen LogP contribution in [0.5, 0.6) is 0 Å².